The van der Waals surface area contributed by atoms with E-state index in [0.29, 0.717) is 6.61 Å². The number of hydrogen-bond donors (Lipinski definition) is 1. The largest absolute Gasteiger partial charge is 0.465 e. The summed E-state index contributed by atoms with van der Waals surface area (Å²) < 4.78 is 4.84. The first-order chi connectivity index (χ1) is 8.31. The molecular formula is C12H13N3O2. The van der Waals surface area contributed by atoms with Crippen molar-refractivity contribution in [1.82, 2.24) is 10.2 Å². The molecule has 0 saturated heterocycles. The Kier molecular flexibility index (Phi) is 3.49. The average molecular weight is 231 g/mol. The van der Waals surface area contributed by atoms with E-state index >= 15 is 0 Å². The van der Waals surface area contributed by atoms with Crippen LogP contribution < -0.4 is 5.32 Å². The molecule has 0 fully saturated rings. The molecule has 1 aromatic carbocycles. The van der Waals surface area contributed by atoms with Gasteiger partial charge >= 0.3 is 5.97 Å². The summed E-state index contributed by atoms with van der Waals surface area (Å²) in [5.74, 6) is -0.284. The first-order valence-electron chi connectivity index (χ1n) is 5.41. The molecular weight excluding hydrogens is 218 g/mol. The zero-order valence-corrected chi connectivity index (χ0v) is 9.51. The molecule has 0 unspecified atom stereocenters. The molecule has 0 bridgehead atoms. The molecule has 1 aromatic heterocycles. The topological polar surface area (TPSA) is 64.1 Å². The van der Waals surface area contributed by atoms with E-state index in [9.17, 15) is 4.79 Å². The highest BCUT2D eigenvalue weighted by molar-refractivity contribution is 5.91. The van der Waals surface area contributed by atoms with Crippen molar-refractivity contribution in [3.05, 3.63) is 30.5 Å². The van der Waals surface area contributed by atoms with Crippen molar-refractivity contribution in [1.29, 1.82) is 0 Å². The fourth-order valence-electron chi connectivity index (χ4n) is 1.53. The maximum Gasteiger partial charge on any atom is 0.325 e. The first-order valence-corrected chi connectivity index (χ1v) is 5.41. The Hall–Kier alpha value is -2.17. The third kappa shape index (κ3) is 2.69. The Balaban J connectivity index is 2.16. The number of nitrogens with one attached hydrogen (secondary N) is 1. The molecule has 0 amide bonds. The second-order valence-corrected chi connectivity index (χ2v) is 3.43. The Bertz CT molecular complexity index is 523. The highest BCUT2D eigenvalue weighted by Gasteiger charge is 2.05. The van der Waals surface area contributed by atoms with E-state index in [1.165, 1.54) is 0 Å². The van der Waals surface area contributed by atoms with Crippen LogP contribution in [0.4, 0.5) is 5.69 Å². The first kappa shape index (κ1) is 11.3. The lowest BCUT2D eigenvalue weighted by molar-refractivity contribution is -0.140. The second-order valence-electron chi connectivity index (χ2n) is 3.43. The number of anilines is 1. The van der Waals surface area contributed by atoms with Crippen LogP contribution in [0.3, 0.4) is 0 Å². The van der Waals surface area contributed by atoms with E-state index in [1.54, 1.807) is 13.1 Å². The predicted molar refractivity (Wildman–Crippen MR) is 64.7 cm³/mol. The zero-order valence-electron chi connectivity index (χ0n) is 9.51. The molecule has 1 heterocycles. The average Bonchev–Trinajstić information content (AvgIpc) is 2.36. The number of esters is 1. The number of aromatic nitrogens is 2. The number of rotatable bonds is 4. The van der Waals surface area contributed by atoms with Crippen LogP contribution in [0.25, 0.3) is 10.9 Å². The van der Waals surface area contributed by atoms with Gasteiger partial charge in [0.2, 0.25) is 0 Å². The van der Waals surface area contributed by atoms with E-state index in [1.807, 2.05) is 24.3 Å². The molecule has 1 N–H and O–H groups in total. The summed E-state index contributed by atoms with van der Waals surface area (Å²) in [7, 11) is 0. The van der Waals surface area contributed by atoms with Crippen molar-refractivity contribution in [3.8, 4) is 0 Å². The molecule has 0 aliphatic rings. The van der Waals surface area contributed by atoms with E-state index in [-0.39, 0.29) is 12.5 Å². The zero-order chi connectivity index (χ0) is 12.1. The lowest BCUT2D eigenvalue weighted by Gasteiger charge is -2.07. The van der Waals surface area contributed by atoms with Gasteiger partial charge in [-0.1, -0.05) is 18.2 Å². The molecule has 88 valence electrons. The summed E-state index contributed by atoms with van der Waals surface area (Å²) in [5.41, 5.74) is 1.57. The quantitative estimate of drug-likeness (QED) is 0.810. The van der Waals surface area contributed by atoms with Gasteiger partial charge < -0.3 is 10.1 Å². The fourth-order valence-corrected chi connectivity index (χ4v) is 1.53. The molecule has 5 heteroatoms. The van der Waals surface area contributed by atoms with Crippen molar-refractivity contribution in [3.63, 3.8) is 0 Å². The van der Waals surface area contributed by atoms with E-state index in [4.69, 9.17) is 4.74 Å². The highest BCUT2D eigenvalue weighted by atomic mass is 16.5. The molecule has 0 aliphatic heterocycles. The van der Waals surface area contributed by atoms with Gasteiger partial charge in [0.25, 0.3) is 0 Å². The minimum absolute atomic E-state index is 0.128. The van der Waals surface area contributed by atoms with Crippen LogP contribution in [-0.4, -0.2) is 29.3 Å². The number of carbonyl (C=O) groups excluding carboxylic acids is 1. The molecule has 0 atom stereocenters. The standard InChI is InChI=1S/C12H13N3O2/c1-2-17-12(16)8-13-11-7-14-15-10-6-4-3-5-9(10)11/h3-7H,2,8H2,1H3,(H,13,15). The molecule has 0 saturated carbocycles. The van der Waals surface area contributed by atoms with Gasteiger partial charge in [-0.3, -0.25) is 4.79 Å². The van der Waals surface area contributed by atoms with E-state index in [2.05, 4.69) is 15.5 Å². The molecule has 17 heavy (non-hydrogen) atoms. The Labute approximate surface area is 98.8 Å². The van der Waals surface area contributed by atoms with Gasteiger partial charge in [0.1, 0.15) is 6.54 Å². The minimum Gasteiger partial charge on any atom is -0.465 e. The lowest BCUT2D eigenvalue weighted by atomic mass is 10.2. The maximum atomic E-state index is 11.2. The summed E-state index contributed by atoms with van der Waals surface area (Å²) >= 11 is 0. The number of benzene rings is 1. The molecule has 0 spiro atoms. The number of carbonyl (C=O) groups is 1. The molecule has 2 rings (SSSR count). The summed E-state index contributed by atoms with van der Waals surface area (Å²) in [4.78, 5) is 11.2. The van der Waals surface area contributed by atoms with Gasteiger partial charge in [0, 0.05) is 5.39 Å². The van der Waals surface area contributed by atoms with Crippen LogP contribution in [0.2, 0.25) is 0 Å². The number of hydrogen-bond acceptors (Lipinski definition) is 5. The van der Waals surface area contributed by atoms with Crippen LogP contribution in [0.1, 0.15) is 6.92 Å². The van der Waals surface area contributed by atoms with Crippen LogP contribution in [0, 0.1) is 0 Å². The SMILES string of the molecule is CCOC(=O)CNc1cnnc2ccccc12. The molecule has 0 radical (unpaired) electrons. The van der Waals surface area contributed by atoms with E-state index in [0.717, 1.165) is 16.6 Å². The number of ether oxygens (including phenoxy) is 1. The fraction of sp³-hybridized carbons (Fsp3) is 0.250. The molecule has 2 aromatic rings. The van der Waals surface area contributed by atoms with Gasteiger partial charge in [-0.15, -0.1) is 0 Å². The van der Waals surface area contributed by atoms with Crippen molar-refractivity contribution < 1.29 is 9.53 Å². The molecule has 5 nitrogen and oxygen atoms in total. The Morgan fingerprint density at radius 2 is 2.24 bits per heavy atom. The second kappa shape index (κ2) is 5.25. The summed E-state index contributed by atoms with van der Waals surface area (Å²) in [6, 6.07) is 7.61. The van der Waals surface area contributed by atoms with Gasteiger partial charge in [-0.25, -0.2) is 0 Å². The van der Waals surface area contributed by atoms with Gasteiger partial charge in [0.05, 0.1) is 24.0 Å². The van der Waals surface area contributed by atoms with Crippen molar-refractivity contribution in [2.24, 2.45) is 0 Å². The van der Waals surface area contributed by atoms with Crippen molar-refractivity contribution >= 4 is 22.6 Å². The monoisotopic (exact) mass is 231 g/mol. The van der Waals surface area contributed by atoms with E-state index < -0.39 is 0 Å². The normalized spacial score (nSPS) is 10.2. The smallest absolute Gasteiger partial charge is 0.325 e. The van der Waals surface area contributed by atoms with Crippen molar-refractivity contribution in [2.75, 3.05) is 18.5 Å². The van der Waals surface area contributed by atoms with Crippen LogP contribution in [0.5, 0.6) is 0 Å². The Morgan fingerprint density at radius 3 is 3.06 bits per heavy atom. The number of nitrogens with zero attached hydrogens (tertiary/aromatic N) is 2. The van der Waals surface area contributed by atoms with Crippen LogP contribution in [-0.2, 0) is 9.53 Å². The predicted octanol–water partition coefficient (Wildman–Crippen LogP) is 1.60. The minimum atomic E-state index is -0.284. The Morgan fingerprint density at radius 1 is 1.41 bits per heavy atom. The van der Waals surface area contributed by atoms with Gasteiger partial charge in [0.15, 0.2) is 0 Å². The van der Waals surface area contributed by atoms with Gasteiger partial charge in [-0.2, -0.15) is 10.2 Å². The summed E-state index contributed by atoms with van der Waals surface area (Å²) in [6.45, 7) is 2.29. The van der Waals surface area contributed by atoms with Crippen LogP contribution in [0.15, 0.2) is 30.5 Å². The summed E-state index contributed by atoms with van der Waals surface area (Å²) in [6.07, 6.45) is 1.60. The molecule has 0 aliphatic carbocycles. The third-order valence-electron chi connectivity index (χ3n) is 2.28. The highest BCUT2D eigenvalue weighted by Crippen LogP contribution is 2.19. The maximum absolute atomic E-state index is 11.2. The number of fused-ring (bicyclic) bond motifs is 1. The third-order valence-corrected chi connectivity index (χ3v) is 2.28. The summed E-state index contributed by atoms with van der Waals surface area (Å²) in [5, 5.41) is 11.8. The van der Waals surface area contributed by atoms with Crippen LogP contribution >= 0.6 is 0 Å². The van der Waals surface area contributed by atoms with Crippen molar-refractivity contribution in [2.45, 2.75) is 6.92 Å². The van der Waals surface area contributed by atoms with Gasteiger partial charge in [-0.05, 0) is 13.0 Å². The lowest BCUT2D eigenvalue weighted by Crippen LogP contribution is -2.17.